The SMILES string of the molecule is COc1nc(-c2cccc(-c3cccc(-c4ccn5c(=O)c(C6=NCCC(C(=O)O)N6)cnc5c4)c3Cl)c2Cl)ccc1CNCC1CCC(=O)N1. The van der Waals surface area contributed by atoms with Gasteiger partial charge < -0.3 is 25.8 Å². The van der Waals surface area contributed by atoms with Gasteiger partial charge in [0.1, 0.15) is 23.1 Å². The van der Waals surface area contributed by atoms with E-state index in [1.54, 1.807) is 25.4 Å². The van der Waals surface area contributed by atoms with E-state index in [-0.39, 0.29) is 28.9 Å². The van der Waals surface area contributed by atoms with E-state index in [1.165, 1.54) is 10.6 Å². The monoisotopic (exact) mass is 725 g/mol. The summed E-state index contributed by atoms with van der Waals surface area (Å²) in [6.07, 6.45) is 4.73. The van der Waals surface area contributed by atoms with Crippen LogP contribution in [-0.2, 0) is 16.1 Å². The number of aromatic nitrogens is 3. The molecule has 1 amide bonds. The molecular weight excluding hydrogens is 693 g/mol. The number of ether oxygens (including phenoxy) is 1. The third kappa shape index (κ3) is 6.90. The van der Waals surface area contributed by atoms with Crippen LogP contribution in [0.3, 0.4) is 0 Å². The number of aliphatic carboxylic acids is 1. The number of carboxylic acid groups (broad SMARTS) is 1. The number of pyridine rings is 2. The second kappa shape index (κ2) is 14.5. The van der Waals surface area contributed by atoms with Crippen molar-refractivity contribution in [2.24, 2.45) is 4.99 Å². The van der Waals surface area contributed by atoms with Crippen LogP contribution in [0.15, 0.2) is 82.8 Å². The molecule has 51 heavy (non-hydrogen) atoms. The van der Waals surface area contributed by atoms with E-state index in [9.17, 15) is 19.5 Å². The minimum absolute atomic E-state index is 0.0833. The Morgan fingerprint density at radius 1 is 0.980 bits per heavy atom. The minimum atomic E-state index is -1.00. The highest BCUT2D eigenvalue weighted by Gasteiger charge is 2.25. The Balaban J connectivity index is 1.15. The number of methoxy groups -OCH3 is 1. The lowest BCUT2D eigenvalue weighted by Gasteiger charge is -2.21. The molecule has 3 aromatic heterocycles. The first-order valence-corrected chi connectivity index (χ1v) is 17.1. The van der Waals surface area contributed by atoms with E-state index in [1.807, 2.05) is 48.5 Å². The number of amides is 1. The van der Waals surface area contributed by atoms with Gasteiger partial charge in [-0.15, -0.1) is 0 Å². The Kier molecular flexibility index (Phi) is 9.72. The maximum absolute atomic E-state index is 13.4. The van der Waals surface area contributed by atoms with Crippen LogP contribution in [0.25, 0.3) is 39.2 Å². The van der Waals surface area contributed by atoms with Gasteiger partial charge in [-0.3, -0.25) is 19.0 Å². The van der Waals surface area contributed by atoms with Crippen LogP contribution in [0.5, 0.6) is 5.88 Å². The number of carbonyl (C=O) groups is 2. The van der Waals surface area contributed by atoms with Crippen LogP contribution < -0.4 is 26.2 Å². The highest BCUT2D eigenvalue weighted by atomic mass is 35.5. The van der Waals surface area contributed by atoms with E-state index in [2.05, 4.69) is 25.9 Å². The summed E-state index contributed by atoms with van der Waals surface area (Å²) in [5.74, 6) is -0.231. The van der Waals surface area contributed by atoms with Crippen molar-refractivity contribution in [3.8, 4) is 39.4 Å². The Labute approximate surface area is 302 Å². The summed E-state index contributed by atoms with van der Waals surface area (Å²) in [5, 5.41) is 19.5. The molecule has 260 valence electrons. The number of rotatable bonds is 10. The predicted octanol–water partition coefficient (Wildman–Crippen LogP) is 4.97. The molecule has 5 heterocycles. The van der Waals surface area contributed by atoms with Crippen molar-refractivity contribution in [3.05, 3.63) is 105 Å². The normalized spacial score (nSPS) is 17.2. The van der Waals surface area contributed by atoms with Crippen LogP contribution in [0.1, 0.15) is 30.4 Å². The first kappa shape index (κ1) is 34.2. The van der Waals surface area contributed by atoms with Gasteiger partial charge in [0.2, 0.25) is 11.8 Å². The van der Waals surface area contributed by atoms with Crippen molar-refractivity contribution >= 4 is 46.6 Å². The molecule has 4 N–H and O–H groups in total. The number of nitrogens with one attached hydrogen (secondary N) is 3. The molecular formula is C37H33Cl2N7O5. The Morgan fingerprint density at radius 2 is 1.73 bits per heavy atom. The van der Waals surface area contributed by atoms with Crippen molar-refractivity contribution in [2.45, 2.75) is 37.9 Å². The summed E-state index contributed by atoms with van der Waals surface area (Å²) in [6, 6.07) is 18.0. The van der Waals surface area contributed by atoms with Crippen molar-refractivity contribution in [3.63, 3.8) is 0 Å². The van der Waals surface area contributed by atoms with Crippen molar-refractivity contribution < 1.29 is 19.4 Å². The molecule has 2 aliphatic heterocycles. The largest absolute Gasteiger partial charge is 0.481 e. The topological polar surface area (TPSA) is 159 Å². The molecule has 0 saturated carbocycles. The minimum Gasteiger partial charge on any atom is -0.481 e. The standard InChI is InChI=1S/C37H33Cl2N7O5/c1-51-35-21(17-40-18-22-9-11-31(47)43-22)8-10-28(45-35)26-7-3-6-25(33(26)39)24-5-2-4-23(32(24)38)20-13-15-46-30(16-20)42-19-27(36(46)48)34-41-14-12-29(44-34)37(49)50/h2-8,10,13,15-16,19,22,29,40H,9,11-12,14,17-18H2,1H3,(H,41,44)(H,43,47)(H,49,50). The van der Waals surface area contributed by atoms with E-state index >= 15 is 0 Å². The quantitative estimate of drug-likeness (QED) is 0.156. The highest BCUT2D eigenvalue weighted by Crippen LogP contribution is 2.42. The van der Waals surface area contributed by atoms with Crippen LogP contribution in [0, 0.1) is 0 Å². The summed E-state index contributed by atoms with van der Waals surface area (Å²) < 4.78 is 7.02. The first-order chi connectivity index (χ1) is 24.7. The number of hydrogen-bond donors (Lipinski definition) is 4. The van der Waals surface area contributed by atoms with Gasteiger partial charge in [-0.25, -0.2) is 14.8 Å². The third-order valence-corrected chi connectivity index (χ3v) is 9.87. The van der Waals surface area contributed by atoms with Gasteiger partial charge >= 0.3 is 5.97 Å². The molecule has 0 spiro atoms. The molecule has 14 heteroatoms. The third-order valence-electron chi connectivity index (χ3n) is 9.06. The molecule has 12 nitrogen and oxygen atoms in total. The number of hydrogen-bond acceptors (Lipinski definition) is 9. The van der Waals surface area contributed by atoms with Gasteiger partial charge in [0.15, 0.2) is 0 Å². The second-order valence-corrected chi connectivity index (χ2v) is 13.1. The number of fused-ring (bicyclic) bond motifs is 1. The summed E-state index contributed by atoms with van der Waals surface area (Å²) in [6.45, 7) is 1.48. The number of aliphatic imine (C=N–C) groups is 1. The fourth-order valence-corrected chi connectivity index (χ4v) is 7.05. The van der Waals surface area contributed by atoms with Crippen molar-refractivity contribution in [2.75, 3.05) is 20.2 Å². The van der Waals surface area contributed by atoms with E-state index in [0.29, 0.717) is 82.0 Å². The average molecular weight is 727 g/mol. The molecule has 7 rings (SSSR count). The van der Waals surface area contributed by atoms with Gasteiger partial charge in [-0.05, 0) is 36.6 Å². The van der Waals surface area contributed by atoms with Gasteiger partial charge in [-0.1, -0.05) is 65.7 Å². The lowest BCUT2D eigenvalue weighted by atomic mass is 9.97. The van der Waals surface area contributed by atoms with E-state index < -0.39 is 12.0 Å². The number of halogens is 2. The molecule has 1 fully saturated rings. The van der Waals surface area contributed by atoms with Gasteiger partial charge in [0.25, 0.3) is 5.56 Å². The Hall–Kier alpha value is -5.30. The van der Waals surface area contributed by atoms with E-state index in [0.717, 1.165) is 17.5 Å². The van der Waals surface area contributed by atoms with Crippen LogP contribution in [0.2, 0.25) is 10.0 Å². The van der Waals surface area contributed by atoms with Crippen LogP contribution >= 0.6 is 23.2 Å². The molecule has 0 bridgehead atoms. The molecule has 2 unspecified atom stereocenters. The summed E-state index contributed by atoms with van der Waals surface area (Å²) >= 11 is 14.2. The molecule has 2 aromatic carbocycles. The van der Waals surface area contributed by atoms with Gasteiger partial charge in [-0.2, -0.15) is 0 Å². The lowest BCUT2D eigenvalue weighted by molar-refractivity contribution is -0.139. The molecule has 5 aromatic rings. The molecule has 0 radical (unpaired) electrons. The fourth-order valence-electron chi connectivity index (χ4n) is 6.38. The Morgan fingerprint density at radius 3 is 2.45 bits per heavy atom. The number of carboxylic acids is 1. The number of benzene rings is 2. The maximum atomic E-state index is 13.4. The smallest absolute Gasteiger partial charge is 0.326 e. The van der Waals surface area contributed by atoms with E-state index in [4.69, 9.17) is 32.9 Å². The number of nitrogens with zero attached hydrogens (tertiary/aromatic N) is 4. The highest BCUT2D eigenvalue weighted by molar-refractivity contribution is 6.39. The Bertz CT molecular complexity index is 2270. The summed E-state index contributed by atoms with van der Waals surface area (Å²) in [4.78, 5) is 50.0. The predicted molar refractivity (Wildman–Crippen MR) is 196 cm³/mol. The average Bonchev–Trinajstić information content (AvgIpc) is 3.56. The van der Waals surface area contributed by atoms with Crippen LogP contribution in [-0.4, -0.2) is 69.5 Å². The van der Waals surface area contributed by atoms with Crippen molar-refractivity contribution in [1.82, 2.24) is 30.3 Å². The first-order valence-electron chi connectivity index (χ1n) is 16.4. The summed E-state index contributed by atoms with van der Waals surface area (Å²) in [5.41, 5.74) is 5.30. The lowest BCUT2D eigenvalue weighted by Crippen LogP contribution is -2.46. The van der Waals surface area contributed by atoms with Crippen LogP contribution in [0.4, 0.5) is 0 Å². The van der Waals surface area contributed by atoms with Gasteiger partial charge in [0.05, 0.1) is 22.8 Å². The zero-order chi connectivity index (χ0) is 35.6. The maximum Gasteiger partial charge on any atom is 0.326 e. The molecule has 2 aliphatic rings. The number of carbonyl (C=O) groups excluding carboxylic acids is 1. The zero-order valence-corrected chi connectivity index (χ0v) is 29.0. The van der Waals surface area contributed by atoms with Crippen molar-refractivity contribution in [1.29, 1.82) is 0 Å². The molecule has 1 saturated heterocycles. The fraction of sp³-hybridized carbons (Fsp3) is 0.243. The molecule has 2 atom stereocenters. The zero-order valence-electron chi connectivity index (χ0n) is 27.5. The second-order valence-electron chi connectivity index (χ2n) is 12.3. The molecule has 0 aliphatic carbocycles. The summed E-state index contributed by atoms with van der Waals surface area (Å²) in [7, 11) is 1.58. The van der Waals surface area contributed by atoms with Gasteiger partial charge in [0, 0.05) is 72.3 Å². The number of amidine groups is 1.